The van der Waals surface area contributed by atoms with Crippen LogP contribution in [0, 0.1) is 12.8 Å². The van der Waals surface area contributed by atoms with Crippen molar-refractivity contribution in [1.82, 2.24) is 14.8 Å². The number of hydrogen-bond acceptors (Lipinski definition) is 3. The second-order valence-electron chi connectivity index (χ2n) is 12.7. The van der Waals surface area contributed by atoms with Gasteiger partial charge in [-0.3, -0.25) is 9.69 Å². The van der Waals surface area contributed by atoms with Crippen LogP contribution in [0.2, 0.25) is 0 Å². The molecule has 0 radical (unpaired) electrons. The zero-order valence-electron chi connectivity index (χ0n) is 28.4. The van der Waals surface area contributed by atoms with Crippen LogP contribution in [0.25, 0.3) is 16.5 Å². The number of fused-ring (bicyclic) bond motifs is 1. The van der Waals surface area contributed by atoms with E-state index < -0.39 is 5.60 Å². The Labute approximate surface area is 262 Å². The fourth-order valence-electron chi connectivity index (χ4n) is 6.60. The fraction of sp³-hybridized carbons (Fsp3) is 0.605. The Morgan fingerprint density at radius 3 is 2.35 bits per heavy atom. The summed E-state index contributed by atoms with van der Waals surface area (Å²) < 4.78 is 0. The number of nitrogens with zero attached hydrogens (tertiary/aromatic N) is 2. The van der Waals surface area contributed by atoms with Crippen LogP contribution in [0.5, 0.6) is 0 Å². The number of benzene rings is 1. The minimum Gasteiger partial charge on any atom is -0.390 e. The second kappa shape index (κ2) is 17.5. The summed E-state index contributed by atoms with van der Waals surface area (Å²) in [6.45, 7) is 18.2. The number of allylic oxidation sites excluding steroid dienone is 4. The predicted molar refractivity (Wildman–Crippen MR) is 185 cm³/mol. The average Bonchev–Trinajstić information content (AvgIpc) is 3.61. The Hall–Kier alpha value is -2.81. The van der Waals surface area contributed by atoms with Gasteiger partial charge in [0.25, 0.3) is 0 Å². The van der Waals surface area contributed by atoms with E-state index in [1.807, 2.05) is 25.8 Å². The summed E-state index contributed by atoms with van der Waals surface area (Å²) in [5, 5.41) is 12.0. The van der Waals surface area contributed by atoms with Crippen molar-refractivity contribution < 1.29 is 9.90 Å². The number of aromatic amines is 1. The van der Waals surface area contributed by atoms with E-state index in [0.717, 1.165) is 58.0 Å². The van der Waals surface area contributed by atoms with Crippen molar-refractivity contribution in [3.8, 4) is 12.8 Å². The molecule has 1 aromatic carbocycles. The first-order valence-corrected chi connectivity index (χ1v) is 16.6. The fourth-order valence-corrected chi connectivity index (χ4v) is 6.60. The minimum absolute atomic E-state index is 0.171. The van der Waals surface area contributed by atoms with Gasteiger partial charge in [-0.05, 0) is 106 Å². The Morgan fingerprint density at radius 1 is 1.16 bits per heavy atom. The van der Waals surface area contributed by atoms with E-state index >= 15 is 0 Å². The van der Waals surface area contributed by atoms with Crippen molar-refractivity contribution >= 4 is 22.4 Å². The molecule has 4 rings (SSSR count). The highest BCUT2D eigenvalue weighted by molar-refractivity contribution is 5.92. The molecule has 1 aromatic heterocycles. The Morgan fingerprint density at radius 2 is 1.79 bits per heavy atom. The van der Waals surface area contributed by atoms with Gasteiger partial charge in [-0.15, -0.1) is 12.8 Å². The third-order valence-electron chi connectivity index (χ3n) is 8.89. The molecule has 0 bridgehead atoms. The summed E-state index contributed by atoms with van der Waals surface area (Å²) in [5.74, 6) is 1.12. The molecule has 1 aliphatic heterocycles. The maximum absolute atomic E-state index is 12.9. The maximum atomic E-state index is 12.9. The molecular weight excluding hydrogens is 530 g/mol. The lowest BCUT2D eigenvalue weighted by atomic mass is 9.87. The van der Waals surface area contributed by atoms with Crippen molar-refractivity contribution in [2.45, 2.75) is 117 Å². The summed E-state index contributed by atoms with van der Waals surface area (Å²) >= 11 is 0. The van der Waals surface area contributed by atoms with Crippen LogP contribution >= 0.6 is 0 Å². The van der Waals surface area contributed by atoms with Crippen LogP contribution in [-0.2, 0) is 4.79 Å². The molecule has 2 heterocycles. The molecular formula is C38H59N3O2. The zero-order valence-corrected chi connectivity index (χ0v) is 28.4. The van der Waals surface area contributed by atoms with E-state index in [2.05, 4.69) is 87.7 Å². The van der Waals surface area contributed by atoms with Crippen LogP contribution in [0.3, 0.4) is 0 Å². The van der Waals surface area contributed by atoms with Crippen LogP contribution in [0.4, 0.5) is 0 Å². The van der Waals surface area contributed by atoms with Crippen molar-refractivity contribution in [3.63, 3.8) is 0 Å². The van der Waals surface area contributed by atoms with Gasteiger partial charge in [0.05, 0.1) is 12.1 Å². The quantitative estimate of drug-likeness (QED) is 0.215. The van der Waals surface area contributed by atoms with Gasteiger partial charge in [0, 0.05) is 30.2 Å². The molecule has 1 amide bonds. The number of carbonyl (C=O) groups is 1. The van der Waals surface area contributed by atoms with E-state index in [9.17, 15) is 9.90 Å². The van der Waals surface area contributed by atoms with Gasteiger partial charge in [-0.25, -0.2) is 0 Å². The normalized spacial score (nSPS) is 17.2. The number of carbonyl (C=O) groups excluding carboxylic acids is 1. The number of piperidine rings is 1. The number of rotatable bonds is 10. The Kier molecular flexibility index (Phi) is 14.8. The lowest BCUT2D eigenvalue weighted by Gasteiger charge is -2.33. The van der Waals surface area contributed by atoms with Gasteiger partial charge in [-0.2, -0.15) is 0 Å². The van der Waals surface area contributed by atoms with Crippen LogP contribution in [0.1, 0.15) is 128 Å². The Bertz CT molecular complexity index is 1230. The number of nitrogens with one attached hydrogen (secondary N) is 1. The third kappa shape index (κ3) is 9.85. The second-order valence-corrected chi connectivity index (χ2v) is 12.7. The SMILES string of the molecule is C#C.CC.CC/C=C(\C=C(C)C)c1[nH]c2ccc(C3CCN(CC(=O)N(C)CCC4(O)CCCC4)CC3)cc2c1C(C)C. The molecule has 1 aliphatic carbocycles. The first-order valence-electron chi connectivity index (χ1n) is 16.6. The molecule has 0 spiro atoms. The van der Waals surface area contributed by atoms with Crippen LogP contribution in [0.15, 0.2) is 35.9 Å². The minimum atomic E-state index is -0.552. The molecule has 5 heteroatoms. The van der Waals surface area contributed by atoms with E-state index in [1.165, 1.54) is 38.9 Å². The monoisotopic (exact) mass is 589 g/mol. The van der Waals surface area contributed by atoms with E-state index in [-0.39, 0.29) is 5.91 Å². The van der Waals surface area contributed by atoms with E-state index in [0.29, 0.717) is 31.3 Å². The highest BCUT2D eigenvalue weighted by Gasteiger charge is 2.31. The number of aliphatic hydroxyl groups is 1. The highest BCUT2D eigenvalue weighted by Crippen LogP contribution is 2.37. The van der Waals surface area contributed by atoms with Gasteiger partial charge >= 0.3 is 0 Å². The van der Waals surface area contributed by atoms with Crippen molar-refractivity contribution in [3.05, 3.63) is 52.7 Å². The summed E-state index contributed by atoms with van der Waals surface area (Å²) in [4.78, 5) is 20.8. The maximum Gasteiger partial charge on any atom is 0.236 e. The summed E-state index contributed by atoms with van der Waals surface area (Å²) in [5.41, 5.74) is 7.37. The number of H-pyrrole nitrogens is 1. The number of terminal acetylenes is 1. The largest absolute Gasteiger partial charge is 0.390 e. The highest BCUT2D eigenvalue weighted by atomic mass is 16.3. The lowest BCUT2D eigenvalue weighted by Crippen LogP contribution is -2.43. The molecule has 1 saturated heterocycles. The molecule has 1 saturated carbocycles. The third-order valence-corrected chi connectivity index (χ3v) is 8.89. The van der Waals surface area contributed by atoms with Crippen molar-refractivity contribution in [2.24, 2.45) is 0 Å². The Balaban J connectivity index is 0.00000155. The van der Waals surface area contributed by atoms with Gasteiger partial charge in [0.15, 0.2) is 0 Å². The number of likely N-dealkylation sites (tertiary alicyclic amines) is 1. The zero-order chi connectivity index (χ0) is 32.2. The molecule has 2 N–H and O–H groups in total. The van der Waals surface area contributed by atoms with Gasteiger partial charge in [0.1, 0.15) is 0 Å². The molecule has 5 nitrogen and oxygen atoms in total. The van der Waals surface area contributed by atoms with Crippen molar-refractivity contribution in [2.75, 3.05) is 33.2 Å². The van der Waals surface area contributed by atoms with Gasteiger partial charge in [0.2, 0.25) is 5.91 Å². The standard InChI is InChI=1S/C34H51N3O2.C2H6.C2H2/c1-7-10-28(21-24(2)3)33-32(25(4)5)29-22-27(11-12-30(29)35-33)26-13-18-37(19-14-26)23-31(38)36(6)20-17-34(39)15-8-9-16-34;2*1-2/h10-12,21-22,25-26,35,39H,7-9,13-20,23H2,1-6H3;1-2H3;1-2H/b28-10+;;. The van der Waals surface area contributed by atoms with Gasteiger partial charge < -0.3 is 15.0 Å². The predicted octanol–water partition coefficient (Wildman–Crippen LogP) is 8.66. The summed E-state index contributed by atoms with van der Waals surface area (Å²) in [6.07, 6.45) is 20.5. The lowest BCUT2D eigenvalue weighted by molar-refractivity contribution is -0.132. The smallest absolute Gasteiger partial charge is 0.236 e. The van der Waals surface area contributed by atoms with E-state index in [4.69, 9.17) is 0 Å². The summed E-state index contributed by atoms with van der Waals surface area (Å²) in [6, 6.07) is 7.02. The molecule has 43 heavy (non-hydrogen) atoms. The summed E-state index contributed by atoms with van der Waals surface area (Å²) in [7, 11) is 1.89. The number of amides is 1. The molecule has 0 atom stereocenters. The topological polar surface area (TPSA) is 59.6 Å². The molecule has 238 valence electrons. The van der Waals surface area contributed by atoms with Crippen LogP contribution < -0.4 is 0 Å². The van der Waals surface area contributed by atoms with Crippen molar-refractivity contribution in [1.29, 1.82) is 0 Å². The first-order chi connectivity index (χ1) is 20.6. The van der Waals surface area contributed by atoms with Gasteiger partial charge in [-0.1, -0.05) is 71.3 Å². The molecule has 2 fully saturated rings. The average molecular weight is 590 g/mol. The molecule has 2 aromatic rings. The van der Waals surface area contributed by atoms with Crippen LogP contribution in [-0.4, -0.2) is 64.6 Å². The number of likely N-dealkylation sites (N-methyl/N-ethyl adjacent to an activating group) is 1. The molecule has 0 unspecified atom stereocenters. The number of aromatic nitrogens is 1. The molecule has 2 aliphatic rings. The first kappa shape index (κ1) is 36.4. The number of hydrogen-bond donors (Lipinski definition) is 2. The van der Waals surface area contributed by atoms with E-state index in [1.54, 1.807) is 0 Å².